The Morgan fingerprint density at radius 3 is 2.45 bits per heavy atom. The van der Waals surface area contributed by atoms with Gasteiger partial charge in [0.2, 0.25) is 0 Å². The van der Waals surface area contributed by atoms with Crippen molar-refractivity contribution in [2.24, 2.45) is 0 Å². The molecule has 1 aromatic carbocycles. The van der Waals surface area contributed by atoms with E-state index in [0.29, 0.717) is 0 Å². The first-order valence-corrected chi connectivity index (χ1v) is 3.39. The monoisotopic (exact) mass is 225 g/mol. The van der Waals surface area contributed by atoms with Crippen LogP contribution in [0.1, 0.15) is 0 Å². The maximum absolute atomic E-state index is 10.1. The van der Waals surface area contributed by atoms with Crippen LogP contribution in [-0.4, -0.2) is 28.0 Å². The van der Waals surface area contributed by atoms with Crippen LogP contribution in [-0.2, 0) is 0 Å². The number of nitro benzene ring substituents is 1. The second-order valence-electron chi connectivity index (χ2n) is 1.74. The molecule has 0 aliphatic heterocycles. The second kappa shape index (κ2) is 4.69. The third kappa shape index (κ3) is 3.18. The van der Waals surface area contributed by atoms with E-state index in [1.54, 1.807) is 12.1 Å². The summed E-state index contributed by atoms with van der Waals surface area (Å²) in [5.41, 5.74) is 0.106. The molecule has 5 heteroatoms. The normalized spacial score (nSPS) is 8.45. The van der Waals surface area contributed by atoms with Crippen LogP contribution >= 0.6 is 15.9 Å². The van der Waals surface area contributed by atoms with Gasteiger partial charge in [-0.1, -0.05) is 22.0 Å². The van der Waals surface area contributed by atoms with E-state index in [-0.39, 0.29) is 28.7 Å². The van der Waals surface area contributed by atoms with Crippen LogP contribution in [0.15, 0.2) is 28.7 Å². The van der Waals surface area contributed by atoms with E-state index < -0.39 is 4.92 Å². The Hall–Kier alpha value is -0.134. The van der Waals surface area contributed by atoms with Gasteiger partial charge in [0.15, 0.2) is 0 Å². The summed E-state index contributed by atoms with van der Waals surface area (Å²) in [5.74, 6) is 0. The van der Waals surface area contributed by atoms with Crippen LogP contribution in [0.25, 0.3) is 0 Å². The quantitative estimate of drug-likeness (QED) is 0.417. The molecule has 0 radical (unpaired) electrons. The molecule has 0 atom stereocenters. The van der Waals surface area contributed by atoms with Gasteiger partial charge in [-0.3, -0.25) is 10.1 Å². The summed E-state index contributed by atoms with van der Waals surface area (Å²) in [6.07, 6.45) is 0. The van der Waals surface area contributed by atoms with E-state index in [0.717, 1.165) is 4.47 Å². The number of benzene rings is 1. The second-order valence-corrected chi connectivity index (χ2v) is 2.65. The topological polar surface area (TPSA) is 43.1 Å². The molecule has 0 aromatic heterocycles. The zero-order valence-corrected chi connectivity index (χ0v) is 8.66. The fourth-order valence-electron chi connectivity index (χ4n) is 0.590. The molecule has 3 nitrogen and oxygen atoms in total. The first-order valence-electron chi connectivity index (χ1n) is 2.60. The van der Waals surface area contributed by atoms with Crippen LogP contribution < -0.4 is 0 Å². The minimum atomic E-state index is -0.426. The zero-order chi connectivity index (χ0) is 7.56. The average Bonchev–Trinajstić information content (AvgIpc) is 1.88. The fraction of sp³-hybridized carbons (Fsp3) is 0. The van der Waals surface area contributed by atoms with Gasteiger partial charge in [-0.05, 0) is 6.07 Å². The average molecular weight is 226 g/mol. The van der Waals surface area contributed by atoms with Crippen LogP contribution in [0.3, 0.4) is 0 Å². The van der Waals surface area contributed by atoms with Crippen LogP contribution in [0.5, 0.6) is 0 Å². The van der Waals surface area contributed by atoms with Gasteiger partial charge < -0.3 is 0 Å². The minimum Gasteiger partial charge on any atom is -0.258 e. The van der Waals surface area contributed by atoms with Gasteiger partial charge in [0.05, 0.1) is 4.92 Å². The van der Waals surface area contributed by atoms with Crippen molar-refractivity contribution in [2.45, 2.75) is 0 Å². The smallest absolute Gasteiger partial charge is 0.258 e. The maximum atomic E-state index is 10.1. The first kappa shape index (κ1) is 10.9. The van der Waals surface area contributed by atoms with Gasteiger partial charge in [-0.25, -0.2) is 0 Å². The van der Waals surface area contributed by atoms with E-state index in [1.165, 1.54) is 12.1 Å². The molecular formula is C6H4BrMgNO2+2. The molecule has 0 aliphatic rings. The number of non-ortho nitro benzene ring substituents is 1. The predicted octanol–water partition coefficient (Wildman–Crippen LogP) is 1.98. The zero-order valence-electron chi connectivity index (χ0n) is 5.66. The standard InChI is InChI=1S/C6H4BrNO2.Mg/c7-5-2-1-3-6(4-5)8(9)10;/h1-4H;/q;+2. The molecule has 52 valence electrons. The Balaban J connectivity index is 0.000001000. The molecular weight excluding hydrogens is 222 g/mol. The summed E-state index contributed by atoms with van der Waals surface area (Å²) in [4.78, 5) is 9.71. The molecule has 1 aromatic rings. The Kier molecular flexibility index (Phi) is 4.63. The molecule has 11 heavy (non-hydrogen) atoms. The summed E-state index contributed by atoms with van der Waals surface area (Å²) in [6, 6.07) is 6.28. The van der Waals surface area contributed by atoms with Crippen molar-refractivity contribution in [3.05, 3.63) is 38.9 Å². The summed E-state index contributed by atoms with van der Waals surface area (Å²) < 4.78 is 0.724. The number of nitrogens with zero attached hydrogens (tertiary/aromatic N) is 1. The molecule has 0 bridgehead atoms. The Morgan fingerprint density at radius 2 is 2.09 bits per heavy atom. The van der Waals surface area contributed by atoms with Crippen molar-refractivity contribution in [3.63, 3.8) is 0 Å². The molecule has 0 saturated heterocycles. The predicted molar refractivity (Wildman–Crippen MR) is 46.6 cm³/mol. The van der Waals surface area contributed by atoms with Gasteiger partial charge in [0, 0.05) is 16.6 Å². The third-order valence-electron chi connectivity index (χ3n) is 1.02. The molecule has 0 saturated carbocycles. The SMILES string of the molecule is O=[N+]([O-])c1cccc(Br)c1.[Mg+2]. The minimum absolute atomic E-state index is 0. The summed E-state index contributed by atoms with van der Waals surface area (Å²) in [5, 5.41) is 10.1. The fourth-order valence-corrected chi connectivity index (χ4v) is 0.977. The van der Waals surface area contributed by atoms with Gasteiger partial charge in [0.25, 0.3) is 5.69 Å². The van der Waals surface area contributed by atoms with Gasteiger partial charge >= 0.3 is 23.1 Å². The Bertz CT molecular complexity index is 267. The summed E-state index contributed by atoms with van der Waals surface area (Å²) in [7, 11) is 0. The van der Waals surface area contributed by atoms with Crippen molar-refractivity contribution in [3.8, 4) is 0 Å². The molecule has 0 heterocycles. The van der Waals surface area contributed by atoms with Crippen molar-refractivity contribution in [2.75, 3.05) is 0 Å². The Labute approximate surface area is 88.2 Å². The van der Waals surface area contributed by atoms with E-state index >= 15 is 0 Å². The van der Waals surface area contributed by atoms with Crippen LogP contribution in [0.2, 0.25) is 0 Å². The van der Waals surface area contributed by atoms with E-state index in [4.69, 9.17) is 0 Å². The third-order valence-corrected chi connectivity index (χ3v) is 1.51. The van der Waals surface area contributed by atoms with Gasteiger partial charge in [0.1, 0.15) is 0 Å². The van der Waals surface area contributed by atoms with E-state index in [9.17, 15) is 10.1 Å². The number of hydrogen-bond donors (Lipinski definition) is 0. The first-order chi connectivity index (χ1) is 4.70. The molecule has 0 fully saturated rings. The molecule has 0 aliphatic carbocycles. The molecule has 0 amide bonds. The molecule has 0 spiro atoms. The van der Waals surface area contributed by atoms with Gasteiger partial charge in [-0.15, -0.1) is 0 Å². The molecule has 1 rings (SSSR count). The number of halogens is 1. The van der Waals surface area contributed by atoms with Crippen molar-refractivity contribution in [1.29, 1.82) is 0 Å². The van der Waals surface area contributed by atoms with Crippen molar-refractivity contribution >= 4 is 44.7 Å². The number of rotatable bonds is 1. The number of nitro groups is 1. The van der Waals surface area contributed by atoms with Crippen LogP contribution in [0.4, 0.5) is 5.69 Å². The van der Waals surface area contributed by atoms with Crippen molar-refractivity contribution in [1.82, 2.24) is 0 Å². The van der Waals surface area contributed by atoms with Gasteiger partial charge in [-0.2, -0.15) is 0 Å². The summed E-state index contributed by atoms with van der Waals surface area (Å²) in [6.45, 7) is 0. The maximum Gasteiger partial charge on any atom is 2.00 e. The molecule has 0 N–H and O–H groups in total. The number of hydrogen-bond acceptors (Lipinski definition) is 2. The van der Waals surface area contributed by atoms with E-state index in [1.807, 2.05) is 0 Å². The Morgan fingerprint density at radius 1 is 1.45 bits per heavy atom. The van der Waals surface area contributed by atoms with E-state index in [2.05, 4.69) is 15.9 Å². The largest absolute Gasteiger partial charge is 2.00 e. The van der Waals surface area contributed by atoms with Crippen LogP contribution in [0, 0.1) is 10.1 Å². The van der Waals surface area contributed by atoms with Crippen molar-refractivity contribution < 1.29 is 4.92 Å². The summed E-state index contributed by atoms with van der Waals surface area (Å²) >= 11 is 3.13. The molecule has 0 unspecified atom stereocenters.